The average molecular weight is 417 g/mol. The molecule has 0 atom stereocenters. The molecule has 1 aliphatic rings. The zero-order valence-corrected chi connectivity index (χ0v) is 15.4. The third kappa shape index (κ3) is 4.65. The summed E-state index contributed by atoms with van der Waals surface area (Å²) in [6.07, 6.45) is -2.05. The van der Waals surface area contributed by atoms with Crippen molar-refractivity contribution < 1.29 is 31.1 Å². The summed E-state index contributed by atoms with van der Waals surface area (Å²) in [5.41, 5.74) is 0.122. The maximum absolute atomic E-state index is 12.5. The van der Waals surface area contributed by atoms with Gasteiger partial charge in [0.2, 0.25) is 10.0 Å². The highest BCUT2D eigenvalue weighted by molar-refractivity contribution is 7.89. The minimum Gasteiger partial charge on any atom is -0.405 e. The van der Waals surface area contributed by atoms with Gasteiger partial charge in [-0.05, 0) is 25.0 Å². The number of aromatic nitrogens is 1. The van der Waals surface area contributed by atoms with E-state index in [1.54, 1.807) is 0 Å². The van der Waals surface area contributed by atoms with Crippen LogP contribution >= 0.6 is 0 Å². The highest BCUT2D eigenvalue weighted by Gasteiger charge is 2.32. The zero-order valence-electron chi connectivity index (χ0n) is 14.6. The van der Waals surface area contributed by atoms with E-state index in [4.69, 9.17) is 0 Å². The first-order valence-electron chi connectivity index (χ1n) is 8.47. The number of nitrogens with one attached hydrogen (secondary N) is 2. The molecule has 0 bridgehead atoms. The number of rotatable bonds is 6. The molecule has 0 radical (unpaired) electrons. The summed E-state index contributed by atoms with van der Waals surface area (Å²) in [5.74, 6) is -1.07. The number of hydrogen-bond donors (Lipinski definition) is 2. The molecule has 0 unspecified atom stereocenters. The lowest BCUT2D eigenvalue weighted by Gasteiger charge is -2.14. The number of nitrogens with zero attached hydrogens (tertiary/aromatic N) is 1. The summed E-state index contributed by atoms with van der Waals surface area (Å²) < 4.78 is 67.6. The standard InChI is InChI=1S/C17H18F3N3O4S/c18-17(19,20)27-15-6-2-1-5-12(15)10-22-16(24)14-9-13(11-21-14)28(25,26)23-7-3-4-8-23/h1-2,5-6,9,11,21H,3-4,7-8,10H2,(H,22,24). The summed E-state index contributed by atoms with van der Waals surface area (Å²) in [4.78, 5) is 14.8. The Morgan fingerprint density at radius 2 is 1.89 bits per heavy atom. The molecule has 1 amide bonds. The maximum Gasteiger partial charge on any atom is 0.573 e. The first kappa shape index (κ1) is 20.2. The van der Waals surface area contributed by atoms with Crippen LogP contribution in [0, 0.1) is 0 Å². The number of benzene rings is 1. The van der Waals surface area contributed by atoms with Crippen LogP contribution in [0.5, 0.6) is 5.75 Å². The molecule has 11 heteroatoms. The van der Waals surface area contributed by atoms with Crippen LogP contribution in [0.3, 0.4) is 0 Å². The van der Waals surface area contributed by atoms with E-state index < -0.39 is 28.0 Å². The van der Waals surface area contributed by atoms with Crippen molar-refractivity contribution in [2.24, 2.45) is 0 Å². The van der Waals surface area contributed by atoms with Gasteiger partial charge < -0.3 is 15.0 Å². The molecule has 2 aromatic rings. The van der Waals surface area contributed by atoms with Crippen LogP contribution in [0.1, 0.15) is 28.9 Å². The maximum atomic E-state index is 12.5. The number of halogens is 3. The molecule has 0 saturated carbocycles. The van der Waals surface area contributed by atoms with Crippen molar-refractivity contribution in [2.75, 3.05) is 13.1 Å². The molecule has 1 aliphatic heterocycles. The Morgan fingerprint density at radius 3 is 2.57 bits per heavy atom. The van der Waals surface area contributed by atoms with E-state index in [0.29, 0.717) is 13.1 Å². The van der Waals surface area contributed by atoms with Crippen LogP contribution in [0.2, 0.25) is 0 Å². The van der Waals surface area contributed by atoms with Gasteiger partial charge in [0.05, 0.1) is 0 Å². The Kier molecular flexibility index (Phi) is 5.66. The minimum atomic E-state index is -4.85. The SMILES string of the molecule is O=C(NCc1ccccc1OC(F)(F)F)c1cc(S(=O)(=O)N2CCCC2)c[nH]1. The Hall–Kier alpha value is -2.53. The molecular formula is C17H18F3N3O4S. The van der Waals surface area contributed by atoms with Gasteiger partial charge in [-0.25, -0.2) is 8.42 Å². The smallest absolute Gasteiger partial charge is 0.405 e. The summed E-state index contributed by atoms with van der Waals surface area (Å²) in [6, 6.07) is 6.64. The van der Waals surface area contributed by atoms with Gasteiger partial charge in [-0.2, -0.15) is 4.31 Å². The second-order valence-corrected chi connectivity index (χ2v) is 8.14. The van der Waals surface area contributed by atoms with E-state index >= 15 is 0 Å². The lowest BCUT2D eigenvalue weighted by molar-refractivity contribution is -0.274. The Balaban J connectivity index is 1.68. The topological polar surface area (TPSA) is 91.5 Å². The van der Waals surface area contributed by atoms with E-state index in [0.717, 1.165) is 18.9 Å². The lowest BCUT2D eigenvalue weighted by Crippen LogP contribution is -2.27. The number of sulfonamides is 1. The summed E-state index contributed by atoms with van der Waals surface area (Å²) in [6.45, 7) is 0.647. The summed E-state index contributed by atoms with van der Waals surface area (Å²) in [7, 11) is -3.67. The number of amides is 1. The highest BCUT2D eigenvalue weighted by atomic mass is 32.2. The van der Waals surface area contributed by atoms with Gasteiger partial charge in [0, 0.05) is 31.4 Å². The summed E-state index contributed by atoms with van der Waals surface area (Å²) in [5, 5.41) is 2.45. The van der Waals surface area contributed by atoms with Crippen molar-refractivity contribution >= 4 is 15.9 Å². The van der Waals surface area contributed by atoms with Gasteiger partial charge >= 0.3 is 6.36 Å². The number of aromatic amines is 1. The fourth-order valence-electron chi connectivity index (χ4n) is 2.88. The number of hydrogen-bond acceptors (Lipinski definition) is 4. The van der Waals surface area contributed by atoms with Crippen LogP contribution < -0.4 is 10.1 Å². The molecule has 1 aromatic heterocycles. The second kappa shape index (κ2) is 7.84. The van der Waals surface area contributed by atoms with Crippen molar-refractivity contribution in [3.05, 3.63) is 47.8 Å². The van der Waals surface area contributed by atoms with Crippen molar-refractivity contribution in [1.82, 2.24) is 14.6 Å². The third-order valence-electron chi connectivity index (χ3n) is 4.24. The molecule has 2 N–H and O–H groups in total. The predicted octanol–water partition coefficient (Wildman–Crippen LogP) is 2.63. The fraction of sp³-hybridized carbons (Fsp3) is 0.353. The molecule has 1 fully saturated rings. The third-order valence-corrected chi connectivity index (χ3v) is 6.12. The number of para-hydroxylation sites is 1. The van der Waals surface area contributed by atoms with Gasteiger partial charge in [0.15, 0.2) is 0 Å². The first-order chi connectivity index (χ1) is 13.2. The predicted molar refractivity (Wildman–Crippen MR) is 93.1 cm³/mol. The van der Waals surface area contributed by atoms with Gasteiger partial charge in [0.25, 0.3) is 5.91 Å². The van der Waals surface area contributed by atoms with Gasteiger partial charge in [-0.1, -0.05) is 18.2 Å². The van der Waals surface area contributed by atoms with E-state index in [2.05, 4.69) is 15.0 Å². The molecule has 3 rings (SSSR count). The van der Waals surface area contributed by atoms with Crippen molar-refractivity contribution in [3.8, 4) is 5.75 Å². The zero-order chi connectivity index (χ0) is 20.4. The minimum absolute atomic E-state index is 0.00741. The number of alkyl halides is 3. The first-order valence-corrected chi connectivity index (χ1v) is 9.91. The van der Waals surface area contributed by atoms with E-state index in [1.807, 2.05) is 0 Å². The Morgan fingerprint density at radius 1 is 1.21 bits per heavy atom. The molecule has 2 heterocycles. The number of carbonyl (C=O) groups excluding carboxylic acids is 1. The molecular weight excluding hydrogens is 399 g/mol. The molecule has 0 spiro atoms. The van der Waals surface area contributed by atoms with E-state index in [1.165, 1.54) is 34.8 Å². The summed E-state index contributed by atoms with van der Waals surface area (Å²) >= 11 is 0. The van der Waals surface area contributed by atoms with Crippen LogP contribution in [-0.2, 0) is 16.6 Å². The fourth-order valence-corrected chi connectivity index (χ4v) is 4.39. The van der Waals surface area contributed by atoms with Crippen molar-refractivity contribution in [2.45, 2.75) is 30.6 Å². The molecule has 28 heavy (non-hydrogen) atoms. The van der Waals surface area contributed by atoms with E-state index in [9.17, 15) is 26.4 Å². The molecule has 7 nitrogen and oxygen atoms in total. The van der Waals surface area contributed by atoms with Gasteiger partial charge in [-0.3, -0.25) is 4.79 Å². The molecule has 1 aromatic carbocycles. The Bertz CT molecular complexity index is 951. The van der Waals surface area contributed by atoms with E-state index in [-0.39, 0.29) is 22.7 Å². The normalized spacial score (nSPS) is 15.5. The Labute approximate surface area is 159 Å². The monoisotopic (exact) mass is 417 g/mol. The number of H-pyrrole nitrogens is 1. The van der Waals surface area contributed by atoms with Gasteiger partial charge in [0.1, 0.15) is 16.3 Å². The number of carbonyl (C=O) groups is 1. The van der Waals surface area contributed by atoms with Gasteiger partial charge in [-0.15, -0.1) is 13.2 Å². The highest BCUT2D eigenvalue weighted by Crippen LogP contribution is 2.26. The van der Waals surface area contributed by atoms with Crippen LogP contribution in [0.15, 0.2) is 41.4 Å². The van der Waals surface area contributed by atoms with Crippen LogP contribution in [0.4, 0.5) is 13.2 Å². The number of ether oxygens (including phenoxy) is 1. The quantitative estimate of drug-likeness (QED) is 0.756. The van der Waals surface area contributed by atoms with Crippen LogP contribution in [-0.4, -0.2) is 43.1 Å². The lowest BCUT2D eigenvalue weighted by atomic mass is 10.2. The molecule has 0 aliphatic carbocycles. The largest absolute Gasteiger partial charge is 0.573 e. The second-order valence-electron chi connectivity index (χ2n) is 6.20. The average Bonchev–Trinajstić information content (AvgIpc) is 3.31. The van der Waals surface area contributed by atoms with Crippen molar-refractivity contribution in [1.29, 1.82) is 0 Å². The molecule has 152 valence electrons. The van der Waals surface area contributed by atoms with Crippen LogP contribution in [0.25, 0.3) is 0 Å². The van der Waals surface area contributed by atoms with Crippen molar-refractivity contribution in [3.63, 3.8) is 0 Å². The molecule has 1 saturated heterocycles.